The molecule has 2 bridgehead atoms. The Morgan fingerprint density at radius 3 is 2.39 bits per heavy atom. The second kappa shape index (κ2) is 18.9. The van der Waals surface area contributed by atoms with Gasteiger partial charge in [-0.1, -0.05) is 75.3 Å². The van der Waals surface area contributed by atoms with Gasteiger partial charge in [-0.15, -0.1) is 0 Å². The van der Waals surface area contributed by atoms with Crippen LogP contribution in [0.25, 0.3) is 0 Å². The van der Waals surface area contributed by atoms with E-state index in [0.29, 0.717) is 55.9 Å². The van der Waals surface area contributed by atoms with Crippen molar-refractivity contribution < 1.29 is 33.2 Å². The summed E-state index contributed by atoms with van der Waals surface area (Å²) in [6, 6.07) is 15.0. The number of benzene rings is 2. The number of fused-ring (bicyclic) bond motifs is 14. The van der Waals surface area contributed by atoms with Crippen molar-refractivity contribution in [2.75, 3.05) is 37.8 Å². The SMILES string of the molecule is Cc1nc2n(n1)CC(=O)N[C@@H](CC(C)C)COc1ccc(cc1)C[C@@H](NC(=O)c1cc(N3CCOCC3)no1)C(=O)N[C@@H](Cc1ccccc1)C(=O)N[C@H]2C(C)C. The van der Waals surface area contributed by atoms with E-state index in [1.54, 1.807) is 25.1 Å². The largest absolute Gasteiger partial charge is 0.491 e. The molecule has 0 aliphatic carbocycles. The zero-order chi connectivity index (χ0) is 40.5. The van der Waals surface area contributed by atoms with Gasteiger partial charge in [0.1, 0.15) is 36.8 Å². The summed E-state index contributed by atoms with van der Waals surface area (Å²) in [5.41, 5.74) is 1.54. The van der Waals surface area contributed by atoms with Crippen molar-refractivity contribution >= 4 is 29.4 Å². The minimum absolute atomic E-state index is 0.0553. The van der Waals surface area contributed by atoms with Crippen molar-refractivity contribution in [2.45, 2.75) is 84.6 Å². The molecule has 5 heterocycles. The van der Waals surface area contributed by atoms with Gasteiger partial charge in [-0.2, -0.15) is 5.10 Å². The molecule has 1 fully saturated rings. The average Bonchev–Trinajstić information content (AvgIpc) is 3.83. The lowest BCUT2D eigenvalue weighted by Crippen LogP contribution is -2.55. The van der Waals surface area contributed by atoms with Crippen molar-refractivity contribution in [3.05, 3.63) is 89.2 Å². The Balaban J connectivity index is 1.34. The zero-order valence-electron chi connectivity index (χ0n) is 33.2. The number of rotatable bonds is 8. The molecule has 16 heteroatoms. The Morgan fingerprint density at radius 2 is 1.68 bits per heavy atom. The first-order chi connectivity index (χ1) is 27.4. The van der Waals surface area contributed by atoms with E-state index >= 15 is 0 Å². The number of ether oxygens (including phenoxy) is 2. The summed E-state index contributed by atoms with van der Waals surface area (Å²) in [5, 5.41) is 20.6. The summed E-state index contributed by atoms with van der Waals surface area (Å²) in [7, 11) is 0. The van der Waals surface area contributed by atoms with E-state index < -0.39 is 35.8 Å². The van der Waals surface area contributed by atoms with Crippen LogP contribution in [0.5, 0.6) is 5.75 Å². The number of carbonyl (C=O) groups excluding carboxylic acids is 4. The summed E-state index contributed by atoms with van der Waals surface area (Å²) in [5.74, 6) is 0.0436. The second-order valence-electron chi connectivity index (χ2n) is 15.4. The summed E-state index contributed by atoms with van der Waals surface area (Å²) in [6.45, 7) is 12.1. The van der Waals surface area contributed by atoms with Crippen molar-refractivity contribution in [2.24, 2.45) is 11.8 Å². The van der Waals surface area contributed by atoms with Gasteiger partial charge in [0.2, 0.25) is 23.5 Å². The third-order valence-electron chi connectivity index (χ3n) is 9.87. The van der Waals surface area contributed by atoms with Gasteiger partial charge in [-0.25, -0.2) is 9.67 Å². The maximum atomic E-state index is 14.4. The van der Waals surface area contributed by atoms with E-state index in [0.717, 1.165) is 11.1 Å². The fourth-order valence-electron chi connectivity index (χ4n) is 6.99. The molecule has 2 aromatic heterocycles. The van der Waals surface area contributed by atoms with Crippen LogP contribution < -0.4 is 30.9 Å². The normalized spacial score (nSPS) is 21.3. The number of carbonyl (C=O) groups is 4. The van der Waals surface area contributed by atoms with Gasteiger partial charge in [0.15, 0.2) is 11.6 Å². The molecule has 57 heavy (non-hydrogen) atoms. The third kappa shape index (κ3) is 11.2. The van der Waals surface area contributed by atoms with E-state index in [1.807, 2.05) is 61.2 Å². The molecule has 3 aliphatic heterocycles. The van der Waals surface area contributed by atoms with Crippen LogP contribution in [0.3, 0.4) is 0 Å². The first-order valence-corrected chi connectivity index (χ1v) is 19.6. The van der Waals surface area contributed by atoms with Crippen molar-refractivity contribution in [3.63, 3.8) is 0 Å². The first-order valence-electron chi connectivity index (χ1n) is 19.6. The predicted molar refractivity (Wildman–Crippen MR) is 210 cm³/mol. The molecule has 0 unspecified atom stereocenters. The first kappa shape index (κ1) is 40.9. The lowest BCUT2D eigenvalue weighted by atomic mass is 10.00. The average molecular weight is 784 g/mol. The molecule has 3 aliphatic rings. The highest BCUT2D eigenvalue weighted by Crippen LogP contribution is 2.22. The topological polar surface area (TPSA) is 195 Å². The number of nitrogens with one attached hydrogen (secondary N) is 4. The Kier molecular flexibility index (Phi) is 13.6. The van der Waals surface area contributed by atoms with E-state index in [4.69, 9.17) is 14.0 Å². The van der Waals surface area contributed by atoms with Crippen LogP contribution in [0.2, 0.25) is 0 Å². The van der Waals surface area contributed by atoms with Gasteiger partial charge >= 0.3 is 0 Å². The van der Waals surface area contributed by atoms with Crippen LogP contribution in [0.4, 0.5) is 5.82 Å². The maximum Gasteiger partial charge on any atom is 0.290 e. The van der Waals surface area contributed by atoms with Crippen LogP contribution in [-0.4, -0.2) is 94.6 Å². The van der Waals surface area contributed by atoms with E-state index in [1.165, 1.54) is 4.68 Å². The van der Waals surface area contributed by atoms with Gasteiger partial charge in [-0.3, -0.25) is 19.2 Å². The molecule has 304 valence electrons. The summed E-state index contributed by atoms with van der Waals surface area (Å²) in [4.78, 5) is 62.6. The summed E-state index contributed by atoms with van der Waals surface area (Å²) in [6.07, 6.45) is 0.924. The Labute approximate surface area is 332 Å². The minimum Gasteiger partial charge on any atom is -0.491 e. The van der Waals surface area contributed by atoms with Crippen molar-refractivity contribution in [1.82, 2.24) is 41.2 Å². The maximum absolute atomic E-state index is 14.4. The lowest BCUT2D eigenvalue weighted by molar-refractivity contribution is -0.130. The van der Waals surface area contributed by atoms with Crippen LogP contribution in [0.15, 0.2) is 65.2 Å². The van der Waals surface area contributed by atoms with Gasteiger partial charge in [0, 0.05) is 32.0 Å². The highest BCUT2D eigenvalue weighted by Gasteiger charge is 2.33. The molecule has 0 saturated carbocycles. The standard InChI is InChI=1S/C41H53N9O7/c1-25(2)19-30-24-56-31-13-11-29(12-14-31)21-32(45-41(54)34-22-35(48-57-34)49-15-17-55-18-16-49)39(52)44-33(20-28-9-7-6-8-10-28)40(53)46-37(26(3)4)38-42-27(5)47-50(38)23-36(51)43-30/h6-14,22,25-26,30,32-33,37H,15-21,23-24H2,1-5H3,(H,43,51)(H,44,52)(H,45,54)(H,46,53)/t30-,32+,33-,37-/m0/s1. The van der Waals surface area contributed by atoms with Crippen molar-refractivity contribution in [3.8, 4) is 5.75 Å². The Bertz CT molecular complexity index is 1970. The molecular formula is C41H53N9O7. The summed E-state index contributed by atoms with van der Waals surface area (Å²) < 4.78 is 18.5. The minimum atomic E-state index is -1.12. The molecule has 4 amide bonds. The lowest BCUT2D eigenvalue weighted by Gasteiger charge is -2.27. The molecule has 4 aromatic rings. The Morgan fingerprint density at radius 1 is 0.947 bits per heavy atom. The van der Waals surface area contributed by atoms with E-state index in [9.17, 15) is 19.2 Å². The number of morpholine rings is 1. The zero-order valence-corrected chi connectivity index (χ0v) is 33.2. The van der Waals surface area contributed by atoms with Crippen molar-refractivity contribution in [1.29, 1.82) is 0 Å². The Hall–Kier alpha value is -5.77. The van der Waals surface area contributed by atoms with Gasteiger partial charge in [0.05, 0.1) is 25.3 Å². The number of amides is 4. The molecule has 4 N–H and O–H groups in total. The molecule has 0 radical (unpaired) electrons. The predicted octanol–water partition coefficient (Wildman–Crippen LogP) is 2.92. The fraction of sp³-hybridized carbons (Fsp3) is 0.488. The molecule has 4 atom stereocenters. The number of aryl methyl sites for hydroxylation is 1. The number of aromatic nitrogens is 4. The molecule has 0 spiro atoms. The van der Waals surface area contributed by atoms with Crippen LogP contribution >= 0.6 is 0 Å². The second-order valence-corrected chi connectivity index (χ2v) is 15.4. The fourth-order valence-corrected chi connectivity index (χ4v) is 6.99. The quantitative estimate of drug-likeness (QED) is 0.205. The highest BCUT2D eigenvalue weighted by molar-refractivity contribution is 5.97. The molecule has 16 nitrogen and oxygen atoms in total. The molecular weight excluding hydrogens is 731 g/mol. The number of anilines is 1. The van der Waals surface area contributed by atoms with Gasteiger partial charge < -0.3 is 40.2 Å². The molecule has 2 aromatic carbocycles. The van der Waals surface area contributed by atoms with Gasteiger partial charge in [-0.05, 0) is 48.4 Å². The van der Waals surface area contributed by atoms with Crippen LogP contribution in [0.1, 0.15) is 73.5 Å². The number of hydrogen-bond donors (Lipinski definition) is 4. The third-order valence-corrected chi connectivity index (χ3v) is 9.87. The smallest absolute Gasteiger partial charge is 0.290 e. The van der Waals surface area contributed by atoms with Crippen LogP contribution in [0, 0.1) is 18.8 Å². The monoisotopic (exact) mass is 783 g/mol. The summed E-state index contributed by atoms with van der Waals surface area (Å²) >= 11 is 0. The highest BCUT2D eigenvalue weighted by atomic mass is 16.5. The van der Waals surface area contributed by atoms with E-state index in [-0.39, 0.29) is 55.5 Å². The van der Waals surface area contributed by atoms with E-state index in [2.05, 4.69) is 50.4 Å². The van der Waals surface area contributed by atoms with Crippen LogP contribution in [-0.2, 0) is 38.5 Å². The molecule has 7 rings (SSSR count). The number of nitrogens with zero attached hydrogens (tertiary/aromatic N) is 5. The number of hydrogen-bond acceptors (Lipinski definition) is 11. The molecule has 1 saturated heterocycles. The van der Waals surface area contributed by atoms with Gasteiger partial charge in [0.25, 0.3) is 5.91 Å².